The highest BCUT2D eigenvalue weighted by atomic mass is 127. The molecule has 0 bridgehead atoms. The fourth-order valence-electron chi connectivity index (χ4n) is 4.56. The van der Waals surface area contributed by atoms with Crippen molar-refractivity contribution in [3.05, 3.63) is 0 Å². The summed E-state index contributed by atoms with van der Waals surface area (Å²) >= 11 is 0. The number of aliphatic imine (C=N–C) groups is 1. The van der Waals surface area contributed by atoms with Gasteiger partial charge in [0, 0.05) is 46.4 Å². The summed E-state index contributed by atoms with van der Waals surface area (Å²) in [5.41, 5.74) is 0. The van der Waals surface area contributed by atoms with E-state index in [1.807, 2.05) is 7.05 Å². The number of nitrogens with zero attached hydrogens (tertiary/aromatic N) is 3. The predicted molar refractivity (Wildman–Crippen MR) is 121 cm³/mol. The Bertz CT molecular complexity index is 457. The first kappa shape index (κ1) is 23.2. The first-order chi connectivity index (χ1) is 12.7. The third-order valence-electron chi connectivity index (χ3n) is 5.76. The fraction of sp³-hybridized carbons (Fsp3) is 0.950. The minimum atomic E-state index is 0. The van der Waals surface area contributed by atoms with E-state index in [0.717, 1.165) is 57.6 Å². The quantitative estimate of drug-likeness (QED) is 0.362. The maximum absolute atomic E-state index is 5.98. The molecule has 0 aliphatic carbocycles. The second-order valence-electron chi connectivity index (χ2n) is 8.50. The first-order valence-electron chi connectivity index (χ1n) is 10.6. The zero-order valence-electron chi connectivity index (χ0n) is 17.4. The number of ether oxygens (including phenoxy) is 2. The third kappa shape index (κ3) is 7.01. The standard InChI is InChI=1S/C20H38N4O2.HI/c1-16(2)13-23-8-4-6-17(14-23)12-22-20(21-3)24-9-11-26-19(15-24)18-7-5-10-25-18;/h16-19H,4-15H2,1-3H3,(H,21,22);1H. The Labute approximate surface area is 182 Å². The summed E-state index contributed by atoms with van der Waals surface area (Å²) in [7, 11) is 1.89. The molecule has 3 aliphatic rings. The van der Waals surface area contributed by atoms with Gasteiger partial charge in [-0.1, -0.05) is 13.8 Å². The van der Waals surface area contributed by atoms with Crippen LogP contribution >= 0.6 is 24.0 Å². The molecule has 3 rings (SSSR count). The minimum absolute atomic E-state index is 0. The summed E-state index contributed by atoms with van der Waals surface area (Å²) in [5.74, 6) is 2.49. The number of likely N-dealkylation sites (tertiary alicyclic amines) is 1. The van der Waals surface area contributed by atoms with E-state index in [0.29, 0.717) is 5.92 Å². The lowest BCUT2D eigenvalue weighted by molar-refractivity contribution is -0.0817. The highest BCUT2D eigenvalue weighted by Gasteiger charge is 2.32. The number of morpholine rings is 1. The second kappa shape index (κ2) is 11.8. The van der Waals surface area contributed by atoms with Gasteiger partial charge in [-0.05, 0) is 44.1 Å². The molecule has 3 fully saturated rings. The van der Waals surface area contributed by atoms with Crippen LogP contribution in [0.3, 0.4) is 0 Å². The Kier molecular flexibility index (Phi) is 10.1. The van der Waals surface area contributed by atoms with Crippen LogP contribution in [0.5, 0.6) is 0 Å². The Hall–Kier alpha value is -0.120. The van der Waals surface area contributed by atoms with E-state index >= 15 is 0 Å². The molecule has 158 valence electrons. The third-order valence-corrected chi connectivity index (χ3v) is 5.76. The maximum atomic E-state index is 5.98. The number of guanidine groups is 1. The monoisotopic (exact) mass is 494 g/mol. The van der Waals surface area contributed by atoms with Crippen molar-refractivity contribution in [2.45, 2.75) is 51.7 Å². The Balaban J connectivity index is 0.00000261. The molecular weight excluding hydrogens is 455 g/mol. The number of piperidine rings is 1. The summed E-state index contributed by atoms with van der Waals surface area (Å²) in [6.45, 7) is 12.8. The Morgan fingerprint density at radius 3 is 2.59 bits per heavy atom. The number of hydrogen-bond acceptors (Lipinski definition) is 4. The molecule has 27 heavy (non-hydrogen) atoms. The van der Waals surface area contributed by atoms with Crippen LogP contribution in [0.4, 0.5) is 0 Å². The first-order valence-corrected chi connectivity index (χ1v) is 10.6. The van der Waals surface area contributed by atoms with Crippen molar-refractivity contribution < 1.29 is 9.47 Å². The van der Waals surface area contributed by atoms with Gasteiger partial charge in [-0.3, -0.25) is 4.99 Å². The normalized spacial score (nSPS) is 30.4. The highest BCUT2D eigenvalue weighted by Crippen LogP contribution is 2.21. The van der Waals surface area contributed by atoms with E-state index in [9.17, 15) is 0 Å². The molecule has 0 amide bonds. The molecule has 3 unspecified atom stereocenters. The molecule has 0 radical (unpaired) electrons. The van der Waals surface area contributed by atoms with Gasteiger partial charge in [0.15, 0.2) is 5.96 Å². The van der Waals surface area contributed by atoms with Crippen LogP contribution in [-0.4, -0.2) is 87.5 Å². The number of nitrogens with one attached hydrogen (secondary N) is 1. The molecule has 0 aromatic carbocycles. The molecule has 3 saturated heterocycles. The van der Waals surface area contributed by atoms with Gasteiger partial charge in [0.05, 0.1) is 12.7 Å². The molecular formula is C20H39IN4O2. The van der Waals surface area contributed by atoms with Gasteiger partial charge in [0.1, 0.15) is 6.10 Å². The maximum Gasteiger partial charge on any atom is 0.193 e. The lowest BCUT2D eigenvalue weighted by Gasteiger charge is -2.38. The van der Waals surface area contributed by atoms with E-state index in [4.69, 9.17) is 9.47 Å². The SMILES string of the molecule is CN=C(NCC1CCCN(CC(C)C)C1)N1CCOC(C2CCCO2)C1.I. The lowest BCUT2D eigenvalue weighted by Crippen LogP contribution is -2.54. The number of halogens is 1. The number of hydrogen-bond donors (Lipinski definition) is 1. The summed E-state index contributed by atoms with van der Waals surface area (Å²) in [6, 6.07) is 0. The van der Waals surface area contributed by atoms with E-state index < -0.39 is 0 Å². The molecule has 6 nitrogen and oxygen atoms in total. The van der Waals surface area contributed by atoms with Crippen LogP contribution in [-0.2, 0) is 9.47 Å². The minimum Gasteiger partial charge on any atom is -0.375 e. The average Bonchev–Trinajstić information content (AvgIpc) is 3.17. The zero-order valence-corrected chi connectivity index (χ0v) is 19.7. The smallest absolute Gasteiger partial charge is 0.193 e. The van der Waals surface area contributed by atoms with Crippen LogP contribution < -0.4 is 5.32 Å². The molecule has 1 N–H and O–H groups in total. The van der Waals surface area contributed by atoms with Crippen LogP contribution in [0.25, 0.3) is 0 Å². The van der Waals surface area contributed by atoms with Crippen LogP contribution in [0.15, 0.2) is 4.99 Å². The van der Waals surface area contributed by atoms with Crippen LogP contribution in [0, 0.1) is 11.8 Å². The Morgan fingerprint density at radius 1 is 1.07 bits per heavy atom. The van der Waals surface area contributed by atoms with Crippen molar-refractivity contribution in [3.63, 3.8) is 0 Å². The largest absolute Gasteiger partial charge is 0.375 e. The van der Waals surface area contributed by atoms with Gasteiger partial charge in [0.2, 0.25) is 0 Å². The van der Waals surface area contributed by atoms with Gasteiger partial charge >= 0.3 is 0 Å². The van der Waals surface area contributed by atoms with Crippen molar-refractivity contribution in [2.75, 3.05) is 59.5 Å². The van der Waals surface area contributed by atoms with E-state index in [1.54, 1.807) is 0 Å². The van der Waals surface area contributed by atoms with Crippen molar-refractivity contribution in [1.29, 1.82) is 0 Å². The molecule has 0 spiro atoms. The summed E-state index contributed by atoms with van der Waals surface area (Å²) < 4.78 is 11.8. The lowest BCUT2D eigenvalue weighted by atomic mass is 9.97. The van der Waals surface area contributed by atoms with Gasteiger partial charge in [-0.15, -0.1) is 24.0 Å². The van der Waals surface area contributed by atoms with Crippen molar-refractivity contribution in [3.8, 4) is 0 Å². The van der Waals surface area contributed by atoms with E-state index in [1.165, 1.54) is 32.5 Å². The fourth-order valence-corrected chi connectivity index (χ4v) is 4.56. The van der Waals surface area contributed by atoms with Crippen LogP contribution in [0.1, 0.15) is 39.5 Å². The molecule has 3 aliphatic heterocycles. The molecule has 3 heterocycles. The summed E-state index contributed by atoms with van der Waals surface area (Å²) in [6.07, 6.45) is 5.36. The van der Waals surface area contributed by atoms with Crippen LogP contribution in [0.2, 0.25) is 0 Å². The average molecular weight is 494 g/mol. The summed E-state index contributed by atoms with van der Waals surface area (Å²) in [5, 5.41) is 3.65. The molecule has 7 heteroatoms. The topological polar surface area (TPSA) is 49.3 Å². The van der Waals surface area contributed by atoms with Crippen molar-refractivity contribution in [1.82, 2.24) is 15.1 Å². The number of rotatable bonds is 5. The van der Waals surface area contributed by atoms with Gasteiger partial charge < -0.3 is 24.6 Å². The van der Waals surface area contributed by atoms with Crippen molar-refractivity contribution >= 4 is 29.9 Å². The summed E-state index contributed by atoms with van der Waals surface area (Å²) in [4.78, 5) is 9.53. The van der Waals surface area contributed by atoms with E-state index in [2.05, 4.69) is 34.0 Å². The Morgan fingerprint density at radius 2 is 1.89 bits per heavy atom. The van der Waals surface area contributed by atoms with E-state index in [-0.39, 0.29) is 36.2 Å². The predicted octanol–water partition coefficient (Wildman–Crippen LogP) is 2.43. The van der Waals surface area contributed by atoms with Gasteiger partial charge in [-0.2, -0.15) is 0 Å². The highest BCUT2D eigenvalue weighted by molar-refractivity contribution is 14.0. The van der Waals surface area contributed by atoms with Crippen molar-refractivity contribution in [2.24, 2.45) is 16.8 Å². The van der Waals surface area contributed by atoms with Gasteiger partial charge in [-0.25, -0.2) is 0 Å². The molecule has 3 atom stereocenters. The molecule has 0 saturated carbocycles. The molecule has 0 aromatic rings. The molecule has 0 aromatic heterocycles. The van der Waals surface area contributed by atoms with Gasteiger partial charge in [0.25, 0.3) is 0 Å². The second-order valence-corrected chi connectivity index (χ2v) is 8.50. The zero-order chi connectivity index (χ0) is 18.4.